The lowest BCUT2D eigenvalue weighted by Gasteiger charge is -2.17. The zero-order chi connectivity index (χ0) is 19.5. The standard InChI is InChI=1S/C21H20FN3O3/c22-17-10-14(6-7-19(17)28-16-4-2-1-3-5-16)12-25-9-8-15(13-25)18-11-20(26)24-21(27)23-18/h1-7,10-11,15H,8-9,12-13H2,(H2,23,24,26,27). The average Bonchev–Trinajstić information content (AvgIpc) is 3.13. The third kappa shape index (κ3) is 4.20. The molecule has 1 fully saturated rings. The molecule has 0 amide bonds. The molecule has 1 atom stereocenters. The Morgan fingerprint density at radius 2 is 1.89 bits per heavy atom. The lowest BCUT2D eigenvalue weighted by atomic mass is 10.1. The molecule has 1 aliphatic rings. The minimum Gasteiger partial charge on any atom is -0.454 e. The van der Waals surface area contributed by atoms with Crippen LogP contribution in [0.15, 0.2) is 64.2 Å². The fraction of sp³-hybridized carbons (Fsp3) is 0.238. The number of aromatic nitrogens is 2. The molecule has 1 saturated heterocycles. The maximum atomic E-state index is 14.4. The van der Waals surface area contributed by atoms with Crippen molar-refractivity contribution in [3.05, 3.63) is 92.5 Å². The average molecular weight is 381 g/mol. The molecule has 0 bridgehead atoms. The van der Waals surface area contributed by atoms with Crippen LogP contribution in [0, 0.1) is 5.82 Å². The van der Waals surface area contributed by atoms with E-state index in [1.165, 1.54) is 12.1 Å². The smallest absolute Gasteiger partial charge is 0.325 e. The molecule has 0 saturated carbocycles. The van der Waals surface area contributed by atoms with Crippen LogP contribution in [-0.2, 0) is 6.54 Å². The summed E-state index contributed by atoms with van der Waals surface area (Å²) in [5.41, 5.74) is 0.609. The maximum Gasteiger partial charge on any atom is 0.325 e. The van der Waals surface area contributed by atoms with Gasteiger partial charge in [0.05, 0.1) is 0 Å². The molecule has 0 radical (unpaired) electrons. The molecular weight excluding hydrogens is 361 g/mol. The fourth-order valence-corrected chi connectivity index (χ4v) is 3.54. The fourth-order valence-electron chi connectivity index (χ4n) is 3.54. The van der Waals surface area contributed by atoms with Crippen LogP contribution in [0.3, 0.4) is 0 Å². The first-order chi connectivity index (χ1) is 13.6. The zero-order valence-electron chi connectivity index (χ0n) is 15.2. The molecular formula is C21H20FN3O3. The van der Waals surface area contributed by atoms with E-state index in [4.69, 9.17) is 4.74 Å². The van der Waals surface area contributed by atoms with Gasteiger partial charge in [0.15, 0.2) is 11.6 Å². The van der Waals surface area contributed by atoms with Gasteiger partial charge in [-0.2, -0.15) is 0 Å². The first-order valence-electron chi connectivity index (χ1n) is 9.14. The third-order valence-corrected chi connectivity index (χ3v) is 4.87. The van der Waals surface area contributed by atoms with Gasteiger partial charge in [0, 0.05) is 30.8 Å². The second-order valence-corrected chi connectivity index (χ2v) is 6.94. The van der Waals surface area contributed by atoms with Crippen LogP contribution in [0.5, 0.6) is 11.5 Å². The lowest BCUT2D eigenvalue weighted by molar-refractivity contribution is 0.325. The molecule has 1 aliphatic heterocycles. The van der Waals surface area contributed by atoms with E-state index in [0.717, 1.165) is 18.5 Å². The molecule has 2 heterocycles. The van der Waals surface area contributed by atoms with E-state index in [1.807, 2.05) is 24.3 Å². The van der Waals surface area contributed by atoms with Crippen molar-refractivity contribution in [1.29, 1.82) is 0 Å². The SMILES string of the molecule is O=c1cc(C2CCN(Cc3ccc(Oc4ccccc4)c(F)c3)C2)[nH]c(=O)[nH]1. The van der Waals surface area contributed by atoms with Crippen molar-refractivity contribution in [2.24, 2.45) is 0 Å². The van der Waals surface area contributed by atoms with Crippen LogP contribution in [-0.4, -0.2) is 28.0 Å². The summed E-state index contributed by atoms with van der Waals surface area (Å²) >= 11 is 0. The van der Waals surface area contributed by atoms with Crippen molar-refractivity contribution in [3.63, 3.8) is 0 Å². The van der Waals surface area contributed by atoms with Crippen molar-refractivity contribution < 1.29 is 9.13 Å². The quantitative estimate of drug-likeness (QED) is 0.712. The number of para-hydroxylation sites is 1. The van der Waals surface area contributed by atoms with Crippen molar-refractivity contribution in [1.82, 2.24) is 14.9 Å². The molecule has 1 aromatic heterocycles. The summed E-state index contributed by atoms with van der Waals surface area (Å²) in [5.74, 6) is 0.454. The summed E-state index contributed by atoms with van der Waals surface area (Å²) in [7, 11) is 0. The van der Waals surface area contributed by atoms with Crippen molar-refractivity contribution >= 4 is 0 Å². The lowest BCUT2D eigenvalue weighted by Crippen LogP contribution is -2.25. The third-order valence-electron chi connectivity index (χ3n) is 4.87. The number of benzene rings is 2. The number of nitrogens with zero attached hydrogens (tertiary/aromatic N) is 1. The summed E-state index contributed by atoms with van der Waals surface area (Å²) in [6.45, 7) is 2.10. The highest BCUT2D eigenvalue weighted by Gasteiger charge is 2.25. The Bertz CT molecular complexity index is 1050. The number of nitrogens with one attached hydrogen (secondary N) is 2. The summed E-state index contributed by atoms with van der Waals surface area (Å²) in [6.07, 6.45) is 0.830. The van der Waals surface area contributed by atoms with E-state index in [0.29, 0.717) is 24.5 Å². The van der Waals surface area contributed by atoms with E-state index in [1.54, 1.807) is 18.2 Å². The number of halogens is 1. The largest absolute Gasteiger partial charge is 0.454 e. The van der Waals surface area contributed by atoms with Gasteiger partial charge in [0.1, 0.15) is 5.75 Å². The number of hydrogen-bond acceptors (Lipinski definition) is 4. The van der Waals surface area contributed by atoms with Gasteiger partial charge in [0.2, 0.25) is 0 Å². The van der Waals surface area contributed by atoms with Crippen LogP contribution in [0.4, 0.5) is 4.39 Å². The number of aromatic amines is 2. The number of rotatable bonds is 5. The predicted octanol–water partition coefficient (Wildman–Crippen LogP) is 2.98. The molecule has 0 spiro atoms. The van der Waals surface area contributed by atoms with Gasteiger partial charge in [-0.25, -0.2) is 9.18 Å². The minimum absolute atomic E-state index is 0.0838. The Balaban J connectivity index is 1.41. The Labute approximate surface area is 160 Å². The second-order valence-electron chi connectivity index (χ2n) is 6.94. The molecule has 28 heavy (non-hydrogen) atoms. The second kappa shape index (κ2) is 7.82. The van der Waals surface area contributed by atoms with Gasteiger partial charge < -0.3 is 9.72 Å². The molecule has 0 aliphatic carbocycles. The Kier molecular flexibility index (Phi) is 5.08. The number of H-pyrrole nitrogens is 2. The molecule has 2 aromatic carbocycles. The highest BCUT2D eigenvalue weighted by atomic mass is 19.1. The summed E-state index contributed by atoms with van der Waals surface area (Å²) in [6, 6.07) is 15.5. The van der Waals surface area contributed by atoms with Crippen LogP contribution >= 0.6 is 0 Å². The number of likely N-dealkylation sites (tertiary alicyclic amines) is 1. The van der Waals surface area contributed by atoms with E-state index in [2.05, 4.69) is 14.9 Å². The summed E-state index contributed by atoms with van der Waals surface area (Å²) < 4.78 is 20.0. The van der Waals surface area contributed by atoms with E-state index in [9.17, 15) is 14.0 Å². The molecule has 7 heteroatoms. The highest BCUT2D eigenvalue weighted by Crippen LogP contribution is 2.28. The number of ether oxygens (including phenoxy) is 1. The highest BCUT2D eigenvalue weighted by molar-refractivity contribution is 5.34. The van der Waals surface area contributed by atoms with Crippen molar-refractivity contribution in [2.75, 3.05) is 13.1 Å². The molecule has 2 N–H and O–H groups in total. The minimum atomic E-state index is -0.489. The van der Waals surface area contributed by atoms with Crippen LogP contribution < -0.4 is 16.0 Å². The molecule has 144 valence electrons. The Hall–Kier alpha value is -3.19. The zero-order valence-corrected chi connectivity index (χ0v) is 15.2. The van der Waals surface area contributed by atoms with E-state index in [-0.39, 0.29) is 11.7 Å². The van der Waals surface area contributed by atoms with Crippen molar-refractivity contribution in [2.45, 2.75) is 18.9 Å². The van der Waals surface area contributed by atoms with Gasteiger partial charge in [-0.1, -0.05) is 24.3 Å². The van der Waals surface area contributed by atoms with Gasteiger partial charge in [-0.15, -0.1) is 0 Å². The topological polar surface area (TPSA) is 78.2 Å². The van der Waals surface area contributed by atoms with E-state index < -0.39 is 17.1 Å². The Morgan fingerprint density at radius 3 is 2.64 bits per heavy atom. The normalized spacial score (nSPS) is 17.0. The van der Waals surface area contributed by atoms with Gasteiger partial charge in [0.25, 0.3) is 5.56 Å². The van der Waals surface area contributed by atoms with Crippen molar-refractivity contribution in [3.8, 4) is 11.5 Å². The van der Waals surface area contributed by atoms with Crippen LogP contribution in [0.1, 0.15) is 23.6 Å². The number of hydrogen-bond donors (Lipinski definition) is 2. The molecule has 3 aromatic rings. The van der Waals surface area contributed by atoms with E-state index >= 15 is 0 Å². The maximum absolute atomic E-state index is 14.4. The summed E-state index contributed by atoms with van der Waals surface area (Å²) in [5, 5.41) is 0. The van der Waals surface area contributed by atoms with Gasteiger partial charge >= 0.3 is 5.69 Å². The predicted molar refractivity (Wildman–Crippen MR) is 103 cm³/mol. The molecule has 1 unspecified atom stereocenters. The summed E-state index contributed by atoms with van der Waals surface area (Å²) in [4.78, 5) is 30.0. The molecule has 6 nitrogen and oxygen atoms in total. The van der Waals surface area contributed by atoms with Crippen LogP contribution in [0.2, 0.25) is 0 Å². The molecule has 4 rings (SSSR count). The van der Waals surface area contributed by atoms with Gasteiger partial charge in [-0.3, -0.25) is 14.7 Å². The first kappa shape index (κ1) is 18.2. The first-order valence-corrected chi connectivity index (χ1v) is 9.14. The monoisotopic (exact) mass is 381 g/mol. The van der Waals surface area contributed by atoms with Crippen LogP contribution in [0.25, 0.3) is 0 Å². The Morgan fingerprint density at radius 1 is 1.07 bits per heavy atom. The van der Waals surface area contributed by atoms with Gasteiger partial charge in [-0.05, 0) is 42.8 Å².